The fourth-order valence-corrected chi connectivity index (χ4v) is 2.87. The van der Waals surface area contributed by atoms with Crippen LogP contribution in [0.15, 0.2) is 0 Å². The number of nitrogens with zero attached hydrogens (tertiary/aromatic N) is 2. The fourth-order valence-electron chi connectivity index (χ4n) is 2.87. The van der Waals surface area contributed by atoms with Gasteiger partial charge in [-0.2, -0.15) is 0 Å². The second kappa shape index (κ2) is 9.33. The van der Waals surface area contributed by atoms with E-state index in [9.17, 15) is 9.90 Å². The summed E-state index contributed by atoms with van der Waals surface area (Å²) in [4.78, 5) is 16.7. The highest BCUT2D eigenvalue weighted by Crippen LogP contribution is 2.13. The number of aliphatic hydroxyl groups is 1. The number of likely N-dealkylation sites (tertiary alicyclic amines) is 1. The number of carbonyl (C=O) groups excluding carboxylic acids is 1. The molecule has 0 bridgehead atoms. The minimum Gasteiger partial charge on any atom is -0.394 e. The number of hydrogen-bond acceptors (Lipinski definition) is 4. The summed E-state index contributed by atoms with van der Waals surface area (Å²) in [6.45, 7) is 8.14. The van der Waals surface area contributed by atoms with Gasteiger partial charge in [0.25, 0.3) is 0 Å². The molecule has 1 heterocycles. The first-order chi connectivity index (χ1) is 10.4. The van der Waals surface area contributed by atoms with E-state index in [1.54, 1.807) is 0 Å². The predicted molar refractivity (Wildman–Crippen MR) is 90.1 cm³/mol. The number of carbonyl (C=O) groups is 1. The van der Waals surface area contributed by atoms with E-state index in [0.717, 1.165) is 51.9 Å². The lowest BCUT2D eigenvalue weighted by molar-refractivity contribution is 0.155. The number of hydrogen-bond donors (Lipinski definition) is 3. The maximum atomic E-state index is 12.1. The largest absolute Gasteiger partial charge is 0.394 e. The van der Waals surface area contributed by atoms with E-state index in [0.29, 0.717) is 0 Å². The lowest BCUT2D eigenvalue weighted by atomic mass is 9.97. The number of piperidine rings is 1. The maximum absolute atomic E-state index is 12.1. The lowest BCUT2D eigenvalue weighted by Crippen LogP contribution is -2.55. The summed E-state index contributed by atoms with van der Waals surface area (Å²) in [6, 6.07) is 0.0805. The van der Waals surface area contributed by atoms with Crippen LogP contribution in [-0.2, 0) is 0 Å². The van der Waals surface area contributed by atoms with E-state index in [-0.39, 0.29) is 18.7 Å². The van der Waals surface area contributed by atoms with Crippen LogP contribution in [0.1, 0.15) is 39.5 Å². The zero-order valence-corrected chi connectivity index (χ0v) is 14.7. The topological polar surface area (TPSA) is 67.8 Å². The second-order valence-corrected chi connectivity index (χ2v) is 6.99. The molecule has 2 amide bonds. The molecule has 0 saturated carbocycles. The number of nitrogens with one attached hydrogen (secondary N) is 2. The highest BCUT2D eigenvalue weighted by molar-refractivity contribution is 5.75. The van der Waals surface area contributed by atoms with E-state index in [1.165, 1.54) is 0 Å². The van der Waals surface area contributed by atoms with Crippen LogP contribution in [0.2, 0.25) is 0 Å². The molecule has 1 unspecified atom stereocenters. The Morgan fingerprint density at radius 2 is 2.00 bits per heavy atom. The highest BCUT2D eigenvalue weighted by Gasteiger charge is 2.26. The zero-order valence-electron chi connectivity index (χ0n) is 14.7. The Kier molecular flexibility index (Phi) is 8.14. The third-order valence-electron chi connectivity index (χ3n) is 4.35. The third-order valence-corrected chi connectivity index (χ3v) is 4.35. The van der Waals surface area contributed by atoms with Crippen molar-refractivity contribution in [2.24, 2.45) is 0 Å². The Balaban J connectivity index is 2.29. The zero-order chi connectivity index (χ0) is 16.6. The standard InChI is InChI=1S/C16H34N4O2/c1-5-8-16(2,13-21)18-15(22)17-14-6-9-20(10-7-14)12-11-19(3)4/h14,21H,5-13H2,1-4H3,(H2,17,18,22). The average Bonchev–Trinajstić information content (AvgIpc) is 2.46. The number of aliphatic hydroxyl groups excluding tert-OH is 1. The van der Waals surface area contributed by atoms with Crippen LogP contribution in [0.3, 0.4) is 0 Å². The Hall–Kier alpha value is -0.850. The van der Waals surface area contributed by atoms with Gasteiger partial charge in [0.05, 0.1) is 12.1 Å². The molecule has 0 aliphatic carbocycles. The van der Waals surface area contributed by atoms with E-state index < -0.39 is 5.54 Å². The van der Waals surface area contributed by atoms with Gasteiger partial charge in [-0.3, -0.25) is 0 Å². The van der Waals surface area contributed by atoms with Crippen molar-refractivity contribution in [3.8, 4) is 0 Å². The van der Waals surface area contributed by atoms with Gasteiger partial charge in [0.1, 0.15) is 0 Å². The van der Waals surface area contributed by atoms with Crippen LogP contribution in [0.4, 0.5) is 4.79 Å². The van der Waals surface area contributed by atoms with Gasteiger partial charge in [-0.15, -0.1) is 0 Å². The summed E-state index contributed by atoms with van der Waals surface area (Å²) in [5.41, 5.74) is -0.523. The molecule has 0 aromatic rings. The summed E-state index contributed by atoms with van der Waals surface area (Å²) in [7, 11) is 4.18. The minimum atomic E-state index is -0.523. The van der Waals surface area contributed by atoms with E-state index in [2.05, 4.69) is 41.5 Å². The molecule has 6 nitrogen and oxygen atoms in total. The van der Waals surface area contributed by atoms with Crippen molar-refractivity contribution < 1.29 is 9.90 Å². The lowest BCUT2D eigenvalue weighted by Gasteiger charge is -2.34. The first-order valence-corrected chi connectivity index (χ1v) is 8.45. The smallest absolute Gasteiger partial charge is 0.315 e. The van der Waals surface area contributed by atoms with E-state index in [1.807, 2.05) is 6.92 Å². The SMILES string of the molecule is CCCC(C)(CO)NC(=O)NC1CCN(CCN(C)C)CC1. The van der Waals surface area contributed by atoms with Crippen LogP contribution in [0, 0.1) is 0 Å². The van der Waals surface area contributed by atoms with E-state index >= 15 is 0 Å². The molecule has 130 valence electrons. The monoisotopic (exact) mass is 314 g/mol. The first-order valence-electron chi connectivity index (χ1n) is 8.45. The summed E-state index contributed by atoms with van der Waals surface area (Å²) < 4.78 is 0. The van der Waals surface area contributed by atoms with Crippen molar-refractivity contribution in [3.05, 3.63) is 0 Å². The quantitative estimate of drug-likeness (QED) is 0.622. The molecule has 0 aromatic carbocycles. The van der Waals surface area contributed by atoms with Crippen molar-refractivity contribution in [3.63, 3.8) is 0 Å². The summed E-state index contributed by atoms with van der Waals surface area (Å²) >= 11 is 0. The Labute approximate surface area is 135 Å². The number of amides is 2. The van der Waals surface area contributed by atoms with Gasteiger partial charge >= 0.3 is 6.03 Å². The predicted octanol–water partition coefficient (Wildman–Crippen LogP) is 0.863. The van der Waals surface area contributed by atoms with Crippen molar-refractivity contribution in [2.75, 3.05) is 46.9 Å². The molecule has 1 aliphatic rings. The Morgan fingerprint density at radius 3 is 2.50 bits per heavy atom. The molecule has 22 heavy (non-hydrogen) atoms. The highest BCUT2D eigenvalue weighted by atomic mass is 16.3. The molecule has 1 saturated heterocycles. The number of rotatable bonds is 8. The van der Waals surface area contributed by atoms with Gasteiger partial charge in [0.15, 0.2) is 0 Å². The average molecular weight is 314 g/mol. The maximum Gasteiger partial charge on any atom is 0.315 e. The van der Waals surface area contributed by atoms with Crippen molar-refractivity contribution in [1.82, 2.24) is 20.4 Å². The van der Waals surface area contributed by atoms with Gasteiger partial charge in [0, 0.05) is 32.2 Å². The van der Waals surface area contributed by atoms with Crippen molar-refractivity contribution in [2.45, 2.75) is 51.1 Å². The van der Waals surface area contributed by atoms with Crippen LogP contribution >= 0.6 is 0 Å². The number of likely N-dealkylation sites (N-methyl/N-ethyl adjacent to an activating group) is 1. The normalized spacial score (nSPS) is 19.9. The molecule has 0 spiro atoms. The van der Waals surface area contributed by atoms with E-state index in [4.69, 9.17) is 0 Å². The molecule has 1 atom stereocenters. The van der Waals surface area contributed by atoms with Crippen molar-refractivity contribution in [1.29, 1.82) is 0 Å². The van der Waals surface area contributed by atoms with Gasteiger partial charge in [-0.25, -0.2) is 4.79 Å². The van der Waals surface area contributed by atoms with Crippen LogP contribution in [-0.4, -0.2) is 79.4 Å². The first kappa shape index (κ1) is 19.2. The molecule has 6 heteroatoms. The summed E-state index contributed by atoms with van der Waals surface area (Å²) in [6.07, 6.45) is 3.69. The van der Waals surface area contributed by atoms with Crippen molar-refractivity contribution >= 4 is 6.03 Å². The second-order valence-electron chi connectivity index (χ2n) is 6.99. The van der Waals surface area contributed by atoms with Gasteiger partial charge in [0.2, 0.25) is 0 Å². The molecule has 1 fully saturated rings. The molecule has 0 aromatic heterocycles. The molecular weight excluding hydrogens is 280 g/mol. The summed E-state index contributed by atoms with van der Waals surface area (Å²) in [5, 5.41) is 15.4. The fraction of sp³-hybridized carbons (Fsp3) is 0.938. The Morgan fingerprint density at radius 1 is 1.36 bits per heavy atom. The third kappa shape index (κ3) is 6.94. The summed E-state index contributed by atoms with van der Waals surface area (Å²) in [5.74, 6) is 0. The Bertz CT molecular complexity index is 330. The molecule has 3 N–H and O–H groups in total. The van der Waals surface area contributed by atoms with Crippen LogP contribution < -0.4 is 10.6 Å². The number of urea groups is 1. The van der Waals surface area contributed by atoms with Gasteiger partial charge in [-0.1, -0.05) is 13.3 Å². The van der Waals surface area contributed by atoms with Crippen LogP contribution in [0.5, 0.6) is 0 Å². The van der Waals surface area contributed by atoms with Gasteiger partial charge < -0.3 is 25.5 Å². The molecule has 1 aliphatic heterocycles. The molecular formula is C16H34N4O2. The molecule has 1 rings (SSSR count). The van der Waals surface area contributed by atoms with Crippen LogP contribution in [0.25, 0.3) is 0 Å². The van der Waals surface area contributed by atoms with Gasteiger partial charge in [-0.05, 0) is 40.3 Å². The molecule has 0 radical (unpaired) electrons. The minimum absolute atomic E-state index is 0.0305.